The molecule has 0 N–H and O–H groups in total. The van der Waals surface area contributed by atoms with Gasteiger partial charge in [-0.3, -0.25) is 0 Å². The Morgan fingerprint density at radius 3 is 2.18 bits per heavy atom. The zero-order chi connectivity index (χ0) is 8.69. The van der Waals surface area contributed by atoms with Gasteiger partial charge < -0.3 is 0 Å². The molecule has 0 amide bonds. The Balaban J connectivity index is 3.78. The summed E-state index contributed by atoms with van der Waals surface area (Å²) in [7, 11) is 0. The molecule has 64 valence electrons. The molecular formula is C10H17Br. The van der Waals surface area contributed by atoms with Crippen molar-refractivity contribution in [1.82, 2.24) is 0 Å². The fourth-order valence-electron chi connectivity index (χ4n) is 1.12. The first-order valence-corrected chi connectivity index (χ1v) is 5.16. The second-order valence-corrected chi connectivity index (χ2v) is 3.59. The topological polar surface area (TPSA) is 0 Å². The van der Waals surface area contributed by atoms with Crippen molar-refractivity contribution in [3.05, 3.63) is 25.3 Å². The van der Waals surface area contributed by atoms with Crippen LogP contribution >= 0.6 is 15.9 Å². The Morgan fingerprint density at radius 2 is 1.82 bits per heavy atom. The first-order valence-electron chi connectivity index (χ1n) is 4.04. The molecule has 0 nitrogen and oxygen atoms in total. The van der Waals surface area contributed by atoms with Crippen molar-refractivity contribution < 1.29 is 0 Å². The van der Waals surface area contributed by atoms with Crippen LogP contribution in [0.15, 0.2) is 25.3 Å². The summed E-state index contributed by atoms with van der Waals surface area (Å²) in [6.07, 6.45) is 6.18. The number of alkyl halides is 1. The zero-order valence-electron chi connectivity index (χ0n) is 7.22. The van der Waals surface area contributed by atoms with Crippen molar-refractivity contribution >= 4 is 15.9 Å². The summed E-state index contributed by atoms with van der Waals surface area (Å²) in [5.74, 6) is 1.43. The monoisotopic (exact) mass is 216 g/mol. The molecule has 0 heterocycles. The first-order chi connectivity index (χ1) is 5.26. The van der Waals surface area contributed by atoms with Gasteiger partial charge in [0.25, 0.3) is 0 Å². The third-order valence-corrected chi connectivity index (χ3v) is 2.84. The maximum Gasteiger partial charge on any atom is 0.00652 e. The van der Waals surface area contributed by atoms with E-state index in [-0.39, 0.29) is 0 Å². The largest absolute Gasteiger partial charge is 0.103 e. The van der Waals surface area contributed by atoms with Gasteiger partial charge in [0.1, 0.15) is 0 Å². The van der Waals surface area contributed by atoms with E-state index in [9.17, 15) is 0 Å². The van der Waals surface area contributed by atoms with Gasteiger partial charge in [-0.15, -0.1) is 13.2 Å². The lowest BCUT2D eigenvalue weighted by molar-refractivity contribution is 0.404. The maximum atomic E-state index is 3.74. The zero-order valence-corrected chi connectivity index (χ0v) is 8.81. The molecule has 0 saturated carbocycles. The minimum atomic E-state index is 0.713. The summed E-state index contributed by atoms with van der Waals surface area (Å²) >= 11 is 3.51. The molecule has 0 fully saturated rings. The lowest BCUT2D eigenvalue weighted by Crippen LogP contribution is -2.11. The van der Waals surface area contributed by atoms with Gasteiger partial charge in [-0.05, 0) is 24.7 Å². The van der Waals surface area contributed by atoms with Gasteiger partial charge in [0.05, 0.1) is 0 Å². The van der Waals surface area contributed by atoms with Crippen molar-refractivity contribution in [2.24, 2.45) is 11.8 Å². The van der Waals surface area contributed by atoms with Crippen molar-refractivity contribution in [3.63, 3.8) is 0 Å². The van der Waals surface area contributed by atoms with E-state index in [0.29, 0.717) is 11.8 Å². The van der Waals surface area contributed by atoms with Crippen LogP contribution in [0, 0.1) is 11.8 Å². The Hall–Kier alpha value is -0.0400. The molecule has 0 aromatic carbocycles. The van der Waals surface area contributed by atoms with E-state index in [0.717, 1.165) is 18.2 Å². The van der Waals surface area contributed by atoms with Crippen LogP contribution in [-0.2, 0) is 0 Å². The van der Waals surface area contributed by atoms with Crippen molar-refractivity contribution in [2.45, 2.75) is 19.8 Å². The lowest BCUT2D eigenvalue weighted by Gasteiger charge is -2.18. The smallest absolute Gasteiger partial charge is 0.00652 e. The average molecular weight is 217 g/mol. The van der Waals surface area contributed by atoms with E-state index >= 15 is 0 Å². The van der Waals surface area contributed by atoms with E-state index in [1.54, 1.807) is 0 Å². The van der Waals surface area contributed by atoms with E-state index in [4.69, 9.17) is 0 Å². The van der Waals surface area contributed by atoms with E-state index in [1.807, 2.05) is 12.2 Å². The number of rotatable bonds is 6. The van der Waals surface area contributed by atoms with Crippen LogP contribution in [0.25, 0.3) is 0 Å². The molecule has 0 bridgehead atoms. The Labute approximate surface area is 78.5 Å². The maximum absolute atomic E-state index is 3.74. The van der Waals surface area contributed by atoms with Crippen LogP contribution in [0.5, 0.6) is 0 Å². The van der Waals surface area contributed by atoms with Crippen LogP contribution in [0.2, 0.25) is 0 Å². The quantitative estimate of drug-likeness (QED) is 0.469. The highest BCUT2D eigenvalue weighted by Gasteiger charge is 2.12. The summed E-state index contributed by atoms with van der Waals surface area (Å²) in [4.78, 5) is 0. The van der Waals surface area contributed by atoms with E-state index < -0.39 is 0 Å². The normalized spacial score (nSPS) is 15.5. The van der Waals surface area contributed by atoms with Gasteiger partial charge in [0, 0.05) is 5.33 Å². The van der Waals surface area contributed by atoms with Crippen LogP contribution in [0.1, 0.15) is 19.8 Å². The second kappa shape index (κ2) is 6.66. The standard InChI is InChI=1S/C10H17Br/c1-4-6-9(3)10(8-11)7-5-2/h4-5,9-10H,1-2,6-8H2,3H3. The Morgan fingerprint density at radius 1 is 1.27 bits per heavy atom. The molecule has 0 aromatic heterocycles. The lowest BCUT2D eigenvalue weighted by atomic mass is 9.90. The second-order valence-electron chi connectivity index (χ2n) is 2.94. The Bertz CT molecular complexity index is 118. The van der Waals surface area contributed by atoms with Crippen LogP contribution in [0.3, 0.4) is 0 Å². The number of allylic oxidation sites excluding steroid dienone is 2. The van der Waals surface area contributed by atoms with E-state index in [1.165, 1.54) is 0 Å². The SMILES string of the molecule is C=CCC(C)C(CBr)CC=C. The molecular weight excluding hydrogens is 200 g/mol. The highest BCUT2D eigenvalue weighted by Crippen LogP contribution is 2.21. The van der Waals surface area contributed by atoms with Crippen molar-refractivity contribution in [2.75, 3.05) is 5.33 Å². The molecule has 0 spiro atoms. The molecule has 0 saturated heterocycles. The summed E-state index contributed by atoms with van der Waals surface area (Å²) in [5, 5.41) is 1.06. The fraction of sp³-hybridized carbons (Fsp3) is 0.600. The molecule has 0 aromatic rings. The minimum Gasteiger partial charge on any atom is -0.103 e. The van der Waals surface area contributed by atoms with Crippen LogP contribution in [0.4, 0.5) is 0 Å². The fourth-order valence-corrected chi connectivity index (χ4v) is 2.02. The van der Waals surface area contributed by atoms with Crippen molar-refractivity contribution in [1.29, 1.82) is 0 Å². The highest BCUT2D eigenvalue weighted by molar-refractivity contribution is 9.09. The summed E-state index contributed by atoms with van der Waals surface area (Å²) in [6.45, 7) is 9.74. The molecule has 0 aliphatic carbocycles. The highest BCUT2D eigenvalue weighted by atomic mass is 79.9. The third kappa shape index (κ3) is 4.41. The molecule has 0 aliphatic rings. The van der Waals surface area contributed by atoms with Crippen molar-refractivity contribution in [3.8, 4) is 0 Å². The van der Waals surface area contributed by atoms with Gasteiger partial charge in [0.15, 0.2) is 0 Å². The third-order valence-electron chi connectivity index (χ3n) is 2.01. The summed E-state index contributed by atoms with van der Waals surface area (Å²) in [6, 6.07) is 0. The predicted molar refractivity (Wildman–Crippen MR) is 56.1 cm³/mol. The van der Waals surface area contributed by atoms with Gasteiger partial charge in [0.2, 0.25) is 0 Å². The summed E-state index contributed by atoms with van der Waals surface area (Å²) < 4.78 is 0. The molecule has 2 atom stereocenters. The molecule has 2 unspecified atom stereocenters. The average Bonchev–Trinajstić information content (AvgIpc) is 2.00. The first kappa shape index (κ1) is 11.0. The molecule has 11 heavy (non-hydrogen) atoms. The Kier molecular flexibility index (Phi) is 6.63. The van der Waals surface area contributed by atoms with E-state index in [2.05, 4.69) is 36.0 Å². The number of hydrogen-bond acceptors (Lipinski definition) is 0. The van der Waals surface area contributed by atoms with Gasteiger partial charge >= 0.3 is 0 Å². The van der Waals surface area contributed by atoms with Gasteiger partial charge in [-0.2, -0.15) is 0 Å². The van der Waals surface area contributed by atoms with Gasteiger partial charge in [-0.25, -0.2) is 0 Å². The number of halogens is 1. The van der Waals surface area contributed by atoms with Crippen LogP contribution < -0.4 is 0 Å². The molecule has 0 rings (SSSR count). The molecule has 1 heteroatoms. The molecule has 0 aliphatic heterocycles. The minimum absolute atomic E-state index is 0.713. The van der Waals surface area contributed by atoms with Gasteiger partial charge in [-0.1, -0.05) is 35.0 Å². The summed E-state index contributed by atoms with van der Waals surface area (Å²) in [5.41, 5.74) is 0. The predicted octanol–water partition coefficient (Wildman–Crippen LogP) is 3.79. The molecule has 0 radical (unpaired) electrons. The number of hydrogen-bond donors (Lipinski definition) is 0. The van der Waals surface area contributed by atoms with Crippen LogP contribution in [-0.4, -0.2) is 5.33 Å².